The van der Waals surface area contributed by atoms with Crippen LogP contribution in [0, 0.1) is 6.92 Å². The van der Waals surface area contributed by atoms with Gasteiger partial charge in [-0.1, -0.05) is 36.4 Å². The summed E-state index contributed by atoms with van der Waals surface area (Å²) in [5.74, 6) is 0.891. The van der Waals surface area contributed by atoms with E-state index in [1.54, 1.807) is 18.3 Å². The highest BCUT2D eigenvalue weighted by Gasteiger charge is 2.20. The summed E-state index contributed by atoms with van der Waals surface area (Å²) in [5.41, 5.74) is 4.07. The minimum absolute atomic E-state index is 0.307. The van der Waals surface area contributed by atoms with E-state index >= 15 is 0 Å². The Kier molecular flexibility index (Phi) is 8.99. The van der Waals surface area contributed by atoms with Gasteiger partial charge in [0.1, 0.15) is 12.4 Å². The average Bonchev–Trinajstić information content (AvgIpc) is 3.55. The maximum Gasteiger partial charge on any atom is 0.335 e. The van der Waals surface area contributed by atoms with Gasteiger partial charge in [-0.3, -0.25) is 0 Å². The number of rotatable bonds is 12. The SMILES string of the molecule is CCOC(=O)[C@H](Cc1ccc(OCc2sc(-c3ccc(-c4nnn(CO)n4)cc3)cc2C)cc1)OCC. The molecule has 37 heavy (non-hydrogen) atoms. The molecule has 10 heteroatoms. The number of hydrogen-bond acceptors (Lipinski definition) is 9. The summed E-state index contributed by atoms with van der Waals surface area (Å²) in [6.45, 7) is 6.66. The second-order valence-electron chi connectivity index (χ2n) is 8.25. The summed E-state index contributed by atoms with van der Waals surface area (Å²) >= 11 is 1.69. The summed E-state index contributed by atoms with van der Waals surface area (Å²) < 4.78 is 16.7. The molecule has 0 bridgehead atoms. The van der Waals surface area contributed by atoms with Gasteiger partial charge in [0.15, 0.2) is 12.8 Å². The van der Waals surface area contributed by atoms with Gasteiger partial charge >= 0.3 is 5.97 Å². The van der Waals surface area contributed by atoms with E-state index in [1.165, 1.54) is 5.56 Å². The van der Waals surface area contributed by atoms with Crippen LogP contribution in [-0.2, 0) is 34.0 Å². The van der Waals surface area contributed by atoms with E-state index < -0.39 is 6.10 Å². The summed E-state index contributed by atoms with van der Waals surface area (Å²) in [6, 6.07) is 17.8. The van der Waals surface area contributed by atoms with Gasteiger partial charge in [-0.15, -0.1) is 26.3 Å². The van der Waals surface area contributed by atoms with Crippen LogP contribution < -0.4 is 4.74 Å². The largest absolute Gasteiger partial charge is 0.488 e. The fraction of sp³-hybridized carbons (Fsp3) is 0.333. The molecule has 2 heterocycles. The lowest BCUT2D eigenvalue weighted by Gasteiger charge is -2.15. The Labute approximate surface area is 219 Å². The Morgan fingerprint density at radius 3 is 2.43 bits per heavy atom. The van der Waals surface area contributed by atoms with Gasteiger partial charge in [0.2, 0.25) is 5.82 Å². The number of aliphatic hydroxyl groups excluding tert-OH is 1. The van der Waals surface area contributed by atoms with Gasteiger partial charge in [0, 0.05) is 28.3 Å². The third kappa shape index (κ3) is 6.79. The highest BCUT2D eigenvalue weighted by Crippen LogP contribution is 2.33. The van der Waals surface area contributed by atoms with Crippen LogP contribution >= 0.6 is 11.3 Å². The monoisotopic (exact) mass is 522 g/mol. The van der Waals surface area contributed by atoms with Crippen LogP contribution in [0.5, 0.6) is 5.75 Å². The molecule has 0 saturated carbocycles. The number of carbonyl (C=O) groups excluding carboxylic acids is 1. The molecule has 0 aliphatic carbocycles. The minimum atomic E-state index is -0.608. The van der Waals surface area contributed by atoms with Gasteiger partial charge in [-0.2, -0.15) is 0 Å². The molecular formula is C27H30N4O5S. The van der Waals surface area contributed by atoms with Crippen LogP contribution in [0.15, 0.2) is 54.6 Å². The van der Waals surface area contributed by atoms with Crippen LogP contribution in [0.3, 0.4) is 0 Å². The Morgan fingerprint density at radius 2 is 1.78 bits per heavy atom. The second kappa shape index (κ2) is 12.6. The molecule has 1 atom stereocenters. The molecule has 2 aromatic heterocycles. The number of aliphatic hydroxyl groups is 1. The lowest BCUT2D eigenvalue weighted by molar-refractivity contribution is -0.156. The molecule has 0 fully saturated rings. The third-order valence-electron chi connectivity index (χ3n) is 5.66. The maximum absolute atomic E-state index is 12.1. The van der Waals surface area contributed by atoms with Gasteiger partial charge < -0.3 is 19.3 Å². The summed E-state index contributed by atoms with van der Waals surface area (Å²) in [7, 11) is 0. The molecular weight excluding hydrogens is 492 g/mol. The zero-order chi connectivity index (χ0) is 26.2. The fourth-order valence-electron chi connectivity index (χ4n) is 3.74. The summed E-state index contributed by atoms with van der Waals surface area (Å²) in [4.78, 5) is 15.5. The lowest BCUT2D eigenvalue weighted by atomic mass is 10.1. The van der Waals surface area contributed by atoms with Crippen LogP contribution in [0.1, 0.15) is 29.9 Å². The number of thiophene rings is 1. The van der Waals surface area contributed by atoms with E-state index in [-0.39, 0.29) is 12.7 Å². The highest BCUT2D eigenvalue weighted by molar-refractivity contribution is 7.15. The zero-order valence-corrected chi connectivity index (χ0v) is 21.9. The summed E-state index contributed by atoms with van der Waals surface area (Å²) in [5, 5.41) is 21.0. The number of tetrazole rings is 1. The van der Waals surface area contributed by atoms with Crippen molar-refractivity contribution in [2.24, 2.45) is 0 Å². The summed E-state index contributed by atoms with van der Waals surface area (Å²) in [6.07, 6.45) is -0.154. The van der Waals surface area contributed by atoms with Crippen molar-refractivity contribution in [2.75, 3.05) is 13.2 Å². The number of carbonyl (C=O) groups is 1. The molecule has 0 unspecified atom stereocenters. The second-order valence-corrected chi connectivity index (χ2v) is 9.39. The molecule has 0 aliphatic rings. The molecule has 0 spiro atoms. The lowest BCUT2D eigenvalue weighted by Crippen LogP contribution is -2.28. The van der Waals surface area contributed by atoms with Gasteiger partial charge in [0.05, 0.1) is 6.61 Å². The zero-order valence-electron chi connectivity index (χ0n) is 21.1. The van der Waals surface area contributed by atoms with E-state index in [9.17, 15) is 4.79 Å². The molecule has 0 amide bonds. The molecule has 1 N–H and O–H groups in total. The van der Waals surface area contributed by atoms with Crippen LogP contribution in [0.2, 0.25) is 0 Å². The minimum Gasteiger partial charge on any atom is -0.488 e. The first-order valence-corrected chi connectivity index (χ1v) is 12.9. The quantitative estimate of drug-likeness (QED) is 0.273. The Bertz CT molecular complexity index is 1300. The molecule has 9 nitrogen and oxygen atoms in total. The average molecular weight is 523 g/mol. The molecule has 2 aromatic carbocycles. The molecule has 4 rings (SSSR count). The molecule has 0 radical (unpaired) electrons. The van der Waals surface area contributed by atoms with Crippen molar-refractivity contribution in [2.45, 2.75) is 46.6 Å². The predicted octanol–water partition coefficient (Wildman–Crippen LogP) is 4.42. The predicted molar refractivity (Wildman–Crippen MR) is 140 cm³/mol. The van der Waals surface area contributed by atoms with Crippen LogP contribution in [0.4, 0.5) is 0 Å². The van der Waals surface area contributed by atoms with Crippen molar-refractivity contribution in [3.05, 3.63) is 70.6 Å². The number of hydrogen-bond donors (Lipinski definition) is 1. The van der Waals surface area contributed by atoms with E-state index in [4.69, 9.17) is 19.3 Å². The number of esters is 1. The Morgan fingerprint density at radius 1 is 1.05 bits per heavy atom. The van der Waals surface area contributed by atoms with Crippen molar-refractivity contribution >= 4 is 17.3 Å². The first-order chi connectivity index (χ1) is 18.0. The van der Waals surface area contributed by atoms with Gasteiger partial charge in [-0.25, -0.2) is 4.79 Å². The maximum atomic E-state index is 12.1. The topological polar surface area (TPSA) is 109 Å². The molecule has 4 aromatic rings. The van der Waals surface area contributed by atoms with E-state index in [0.29, 0.717) is 32.1 Å². The normalized spacial score (nSPS) is 11.9. The van der Waals surface area contributed by atoms with Crippen LogP contribution in [0.25, 0.3) is 21.8 Å². The fourth-order valence-corrected chi connectivity index (χ4v) is 4.83. The number of aromatic nitrogens is 4. The highest BCUT2D eigenvalue weighted by atomic mass is 32.1. The smallest absolute Gasteiger partial charge is 0.335 e. The molecule has 0 saturated heterocycles. The van der Waals surface area contributed by atoms with E-state index in [2.05, 4.69) is 28.4 Å². The van der Waals surface area contributed by atoms with E-state index in [1.807, 2.05) is 55.5 Å². The van der Waals surface area contributed by atoms with Crippen molar-refractivity contribution in [1.82, 2.24) is 20.2 Å². The standard InChI is InChI=1S/C27H30N4O5S/c1-4-34-23(27(33)35-5-2)15-19-6-12-22(13-7-19)36-16-25-18(3)14-24(37-25)20-8-10-21(11-9-20)26-28-30-31(17-32)29-26/h6-14,23,32H,4-5,15-17H2,1-3H3/t23-/m0/s1. The molecule has 0 aliphatic heterocycles. The Hall–Kier alpha value is -3.60. The number of aryl methyl sites for hydroxylation is 1. The first kappa shape index (κ1) is 26.5. The van der Waals surface area contributed by atoms with E-state index in [0.717, 1.165) is 37.0 Å². The van der Waals surface area contributed by atoms with Gasteiger partial charge in [-0.05, 0) is 60.9 Å². The van der Waals surface area contributed by atoms with Crippen molar-refractivity contribution in [3.8, 4) is 27.6 Å². The first-order valence-electron chi connectivity index (χ1n) is 12.1. The third-order valence-corrected chi connectivity index (χ3v) is 6.92. The number of ether oxygens (including phenoxy) is 3. The number of nitrogens with zero attached hydrogens (tertiary/aromatic N) is 4. The van der Waals surface area contributed by atoms with Crippen molar-refractivity contribution < 1.29 is 24.1 Å². The number of benzene rings is 2. The van der Waals surface area contributed by atoms with Crippen molar-refractivity contribution in [1.29, 1.82) is 0 Å². The Balaban J connectivity index is 1.36. The van der Waals surface area contributed by atoms with Crippen molar-refractivity contribution in [3.63, 3.8) is 0 Å². The molecule has 194 valence electrons. The van der Waals surface area contributed by atoms with Crippen LogP contribution in [-0.4, -0.2) is 50.6 Å². The van der Waals surface area contributed by atoms with Gasteiger partial charge in [0.25, 0.3) is 0 Å².